The Labute approximate surface area is 106 Å². The molecule has 0 aliphatic heterocycles. The highest BCUT2D eigenvalue weighted by atomic mass is 14.8. The maximum Gasteiger partial charge on any atom is 0.115 e. The van der Waals surface area contributed by atoms with Gasteiger partial charge in [-0.2, -0.15) is 0 Å². The highest BCUT2D eigenvalue weighted by molar-refractivity contribution is 5.72. The minimum atomic E-state index is 0.949. The average molecular weight is 238 g/mol. The lowest BCUT2D eigenvalue weighted by atomic mass is 10.3. The molecule has 3 rings (SSSR count). The van der Waals surface area contributed by atoms with E-state index in [-0.39, 0.29) is 0 Å². The zero-order valence-corrected chi connectivity index (χ0v) is 10.4. The fraction of sp³-hybridized carbons (Fsp3) is 0.143. The van der Waals surface area contributed by atoms with Gasteiger partial charge >= 0.3 is 0 Å². The number of aromatic nitrogens is 4. The summed E-state index contributed by atoms with van der Waals surface area (Å²) >= 11 is 0. The van der Waals surface area contributed by atoms with Gasteiger partial charge in [-0.1, -0.05) is 12.1 Å². The Morgan fingerprint density at radius 3 is 1.89 bits per heavy atom. The zero-order valence-electron chi connectivity index (χ0n) is 10.4. The SMILES string of the molecule is Cc1cncnc1C.c1ccc2nccnc2c1. The van der Waals surface area contributed by atoms with E-state index in [4.69, 9.17) is 0 Å². The summed E-state index contributed by atoms with van der Waals surface area (Å²) in [6.45, 7) is 3.96. The molecule has 0 aliphatic carbocycles. The molecule has 4 nitrogen and oxygen atoms in total. The van der Waals surface area contributed by atoms with Gasteiger partial charge in [0.05, 0.1) is 11.0 Å². The zero-order chi connectivity index (χ0) is 12.8. The molecular formula is C14H14N4. The number of rotatable bonds is 0. The molecule has 3 aromatic rings. The maximum atomic E-state index is 4.12. The van der Waals surface area contributed by atoms with Crippen LogP contribution in [-0.2, 0) is 0 Å². The minimum Gasteiger partial charge on any atom is -0.253 e. The van der Waals surface area contributed by atoms with Gasteiger partial charge in [0.15, 0.2) is 0 Å². The molecule has 0 radical (unpaired) electrons. The van der Waals surface area contributed by atoms with Crippen molar-refractivity contribution in [1.82, 2.24) is 19.9 Å². The first-order chi connectivity index (χ1) is 8.77. The van der Waals surface area contributed by atoms with Gasteiger partial charge in [-0.25, -0.2) is 9.97 Å². The summed E-state index contributed by atoms with van der Waals surface area (Å²) in [4.78, 5) is 16.0. The van der Waals surface area contributed by atoms with Crippen LogP contribution in [0.25, 0.3) is 11.0 Å². The molecule has 2 heterocycles. The fourth-order valence-corrected chi connectivity index (χ4v) is 1.37. The molecule has 2 aromatic heterocycles. The van der Waals surface area contributed by atoms with Gasteiger partial charge in [-0.05, 0) is 31.5 Å². The number of benzene rings is 1. The Morgan fingerprint density at radius 2 is 1.44 bits per heavy atom. The van der Waals surface area contributed by atoms with Crippen LogP contribution in [0.5, 0.6) is 0 Å². The number of hydrogen-bond acceptors (Lipinski definition) is 4. The van der Waals surface area contributed by atoms with Crippen LogP contribution in [-0.4, -0.2) is 19.9 Å². The fourth-order valence-electron chi connectivity index (χ4n) is 1.37. The normalized spacial score (nSPS) is 9.67. The predicted molar refractivity (Wildman–Crippen MR) is 71.0 cm³/mol. The lowest BCUT2D eigenvalue weighted by Gasteiger charge is -1.91. The summed E-state index contributed by atoms with van der Waals surface area (Å²) in [5, 5.41) is 0. The second-order valence-electron chi connectivity index (χ2n) is 3.84. The van der Waals surface area contributed by atoms with E-state index in [1.54, 1.807) is 18.7 Å². The second-order valence-corrected chi connectivity index (χ2v) is 3.84. The molecule has 0 unspecified atom stereocenters. The van der Waals surface area contributed by atoms with Gasteiger partial charge in [0, 0.05) is 24.3 Å². The molecule has 4 heteroatoms. The van der Waals surface area contributed by atoms with E-state index in [1.165, 1.54) is 0 Å². The van der Waals surface area contributed by atoms with E-state index in [2.05, 4.69) is 19.9 Å². The average Bonchev–Trinajstić information content (AvgIpc) is 2.43. The number of nitrogens with zero attached hydrogens (tertiary/aromatic N) is 4. The van der Waals surface area contributed by atoms with E-state index < -0.39 is 0 Å². The third kappa shape index (κ3) is 3.07. The van der Waals surface area contributed by atoms with Crippen molar-refractivity contribution in [2.24, 2.45) is 0 Å². The highest BCUT2D eigenvalue weighted by Gasteiger charge is 1.88. The van der Waals surface area contributed by atoms with Gasteiger partial charge in [0.2, 0.25) is 0 Å². The summed E-state index contributed by atoms with van der Waals surface area (Å²) in [6.07, 6.45) is 6.76. The molecule has 0 aliphatic rings. The first kappa shape index (κ1) is 12.1. The molecule has 18 heavy (non-hydrogen) atoms. The molecule has 90 valence electrons. The Balaban J connectivity index is 0.000000138. The third-order valence-electron chi connectivity index (χ3n) is 2.53. The Bertz CT molecular complexity index is 551. The van der Waals surface area contributed by atoms with Crippen LogP contribution >= 0.6 is 0 Å². The topological polar surface area (TPSA) is 51.6 Å². The number of para-hydroxylation sites is 2. The molecule has 0 saturated carbocycles. The third-order valence-corrected chi connectivity index (χ3v) is 2.53. The van der Waals surface area contributed by atoms with Gasteiger partial charge in [-0.15, -0.1) is 0 Å². The maximum absolute atomic E-state index is 4.12. The van der Waals surface area contributed by atoms with Crippen LogP contribution in [0.4, 0.5) is 0 Å². The van der Waals surface area contributed by atoms with Crippen LogP contribution in [0, 0.1) is 13.8 Å². The molecular weight excluding hydrogens is 224 g/mol. The van der Waals surface area contributed by atoms with Crippen molar-refractivity contribution in [2.45, 2.75) is 13.8 Å². The van der Waals surface area contributed by atoms with Crippen molar-refractivity contribution in [3.05, 3.63) is 60.4 Å². The molecule has 0 saturated heterocycles. The van der Waals surface area contributed by atoms with Crippen molar-refractivity contribution in [3.8, 4) is 0 Å². The van der Waals surface area contributed by atoms with Crippen LogP contribution in [0.15, 0.2) is 49.2 Å². The predicted octanol–water partition coefficient (Wildman–Crippen LogP) is 2.72. The Kier molecular flexibility index (Phi) is 3.91. The van der Waals surface area contributed by atoms with Crippen LogP contribution in [0.1, 0.15) is 11.3 Å². The Hall–Kier alpha value is -2.36. The standard InChI is InChI=1S/C8H6N2.C6H8N2/c1-2-4-8-7(3-1)9-5-6-10-8;1-5-3-7-4-8-6(5)2/h1-6H;3-4H,1-2H3. The van der Waals surface area contributed by atoms with Crippen molar-refractivity contribution in [3.63, 3.8) is 0 Å². The smallest absolute Gasteiger partial charge is 0.115 e. The molecule has 1 aromatic carbocycles. The van der Waals surface area contributed by atoms with E-state index in [0.717, 1.165) is 22.3 Å². The second kappa shape index (κ2) is 5.82. The van der Waals surface area contributed by atoms with Crippen molar-refractivity contribution in [2.75, 3.05) is 0 Å². The number of fused-ring (bicyclic) bond motifs is 1. The lowest BCUT2D eigenvalue weighted by molar-refractivity contribution is 1.06. The van der Waals surface area contributed by atoms with Crippen LogP contribution < -0.4 is 0 Å². The summed E-state index contributed by atoms with van der Waals surface area (Å²) in [7, 11) is 0. The number of hydrogen-bond donors (Lipinski definition) is 0. The van der Waals surface area contributed by atoms with Crippen molar-refractivity contribution >= 4 is 11.0 Å². The largest absolute Gasteiger partial charge is 0.253 e. The lowest BCUT2D eigenvalue weighted by Crippen LogP contribution is -1.85. The van der Waals surface area contributed by atoms with Crippen LogP contribution in [0.2, 0.25) is 0 Å². The van der Waals surface area contributed by atoms with Gasteiger partial charge in [-0.3, -0.25) is 9.97 Å². The van der Waals surface area contributed by atoms with Crippen molar-refractivity contribution < 1.29 is 0 Å². The van der Waals surface area contributed by atoms with Crippen molar-refractivity contribution in [1.29, 1.82) is 0 Å². The van der Waals surface area contributed by atoms with E-state index in [1.807, 2.05) is 44.3 Å². The quantitative estimate of drug-likeness (QED) is 0.604. The monoisotopic (exact) mass is 238 g/mol. The van der Waals surface area contributed by atoms with Gasteiger partial charge < -0.3 is 0 Å². The van der Waals surface area contributed by atoms with Crippen LogP contribution in [0.3, 0.4) is 0 Å². The molecule has 0 spiro atoms. The summed E-state index contributed by atoms with van der Waals surface area (Å²) < 4.78 is 0. The van der Waals surface area contributed by atoms with Gasteiger partial charge in [0.1, 0.15) is 6.33 Å². The van der Waals surface area contributed by atoms with Gasteiger partial charge in [0.25, 0.3) is 0 Å². The highest BCUT2D eigenvalue weighted by Crippen LogP contribution is 2.04. The molecule has 0 fully saturated rings. The summed E-state index contributed by atoms with van der Waals surface area (Å²) in [6, 6.07) is 7.80. The molecule has 0 bridgehead atoms. The van der Waals surface area contributed by atoms with E-state index in [0.29, 0.717) is 0 Å². The minimum absolute atomic E-state index is 0.949. The summed E-state index contributed by atoms with van der Waals surface area (Å²) in [5.41, 5.74) is 4.10. The molecule has 0 amide bonds. The molecule has 0 N–H and O–H groups in total. The van der Waals surface area contributed by atoms with E-state index >= 15 is 0 Å². The first-order valence-corrected chi connectivity index (χ1v) is 5.66. The summed E-state index contributed by atoms with van der Waals surface area (Å²) in [5.74, 6) is 0. The Morgan fingerprint density at radius 1 is 0.833 bits per heavy atom. The van der Waals surface area contributed by atoms with E-state index in [9.17, 15) is 0 Å². The number of aryl methyl sites for hydroxylation is 2. The molecule has 0 atom stereocenters. The first-order valence-electron chi connectivity index (χ1n) is 5.66.